The van der Waals surface area contributed by atoms with Crippen molar-refractivity contribution in [2.75, 3.05) is 5.32 Å². The maximum atomic E-state index is 12.4. The Hall–Kier alpha value is -1.97. The molecular formula is C16H17F3IN3O. The van der Waals surface area contributed by atoms with Crippen LogP contribution in [0.2, 0.25) is 0 Å². The first-order chi connectivity index (χ1) is 10.8. The van der Waals surface area contributed by atoms with Crippen molar-refractivity contribution >= 4 is 35.6 Å². The number of benzene rings is 2. The van der Waals surface area contributed by atoms with Gasteiger partial charge in [0, 0.05) is 0 Å². The minimum absolute atomic E-state index is 0. The van der Waals surface area contributed by atoms with Gasteiger partial charge in [0.15, 0.2) is 11.7 Å². The standard InChI is InChI=1S/C16H16F3N3O.HI/c1-11-5-4-6-12(9-11)10-21-15(20)22-13-7-2-3-8-14(13)23-16(17,18)19;/h2-9H,10H2,1H3,(H3,20,21,22);1H. The van der Waals surface area contributed by atoms with E-state index in [1.54, 1.807) is 6.07 Å². The maximum absolute atomic E-state index is 12.4. The van der Waals surface area contributed by atoms with Gasteiger partial charge < -0.3 is 15.8 Å². The van der Waals surface area contributed by atoms with Crippen molar-refractivity contribution in [1.29, 1.82) is 0 Å². The SMILES string of the molecule is Cc1cccc(CN=C(N)Nc2ccccc2OC(F)(F)F)c1.I. The summed E-state index contributed by atoms with van der Waals surface area (Å²) in [5.41, 5.74) is 7.86. The number of nitrogens with one attached hydrogen (secondary N) is 1. The zero-order chi connectivity index (χ0) is 16.9. The van der Waals surface area contributed by atoms with Crippen LogP contribution in [0.4, 0.5) is 18.9 Å². The second-order valence-corrected chi connectivity index (χ2v) is 4.86. The smallest absolute Gasteiger partial charge is 0.404 e. The fourth-order valence-electron chi connectivity index (χ4n) is 1.95. The summed E-state index contributed by atoms with van der Waals surface area (Å²) in [6.45, 7) is 2.28. The van der Waals surface area contributed by atoms with Crippen LogP contribution in [-0.4, -0.2) is 12.3 Å². The number of hydrogen-bond donors (Lipinski definition) is 2. The first-order valence-electron chi connectivity index (χ1n) is 6.81. The van der Waals surface area contributed by atoms with Crippen LogP contribution < -0.4 is 15.8 Å². The third-order valence-corrected chi connectivity index (χ3v) is 2.89. The molecule has 0 heterocycles. The van der Waals surface area contributed by atoms with E-state index in [1.165, 1.54) is 18.2 Å². The Morgan fingerprint density at radius 3 is 2.54 bits per heavy atom. The van der Waals surface area contributed by atoms with Gasteiger partial charge in [-0.2, -0.15) is 0 Å². The quantitative estimate of drug-likeness (QED) is 0.411. The number of guanidine groups is 1. The number of anilines is 1. The lowest BCUT2D eigenvalue weighted by atomic mass is 10.1. The minimum atomic E-state index is -4.77. The molecule has 0 aromatic heterocycles. The minimum Gasteiger partial charge on any atom is -0.404 e. The molecule has 0 saturated carbocycles. The van der Waals surface area contributed by atoms with Gasteiger partial charge in [0.2, 0.25) is 0 Å². The molecule has 0 aliphatic heterocycles. The lowest BCUT2D eigenvalue weighted by molar-refractivity contribution is -0.274. The molecule has 0 spiro atoms. The second kappa shape index (κ2) is 8.76. The summed E-state index contributed by atoms with van der Waals surface area (Å²) in [5.74, 6) is -0.363. The van der Waals surface area contributed by atoms with Crippen molar-refractivity contribution in [2.24, 2.45) is 10.7 Å². The van der Waals surface area contributed by atoms with Gasteiger partial charge in [0.05, 0.1) is 12.2 Å². The van der Waals surface area contributed by atoms with E-state index in [-0.39, 0.29) is 41.4 Å². The molecule has 2 aromatic rings. The number of alkyl halides is 3. The Labute approximate surface area is 154 Å². The molecule has 0 fully saturated rings. The van der Waals surface area contributed by atoms with Gasteiger partial charge in [0.1, 0.15) is 0 Å². The monoisotopic (exact) mass is 451 g/mol. The number of ether oxygens (including phenoxy) is 1. The zero-order valence-electron chi connectivity index (χ0n) is 12.8. The third kappa shape index (κ3) is 6.65. The highest BCUT2D eigenvalue weighted by Crippen LogP contribution is 2.29. The van der Waals surface area contributed by atoms with Gasteiger partial charge in [-0.15, -0.1) is 37.1 Å². The van der Waals surface area contributed by atoms with E-state index in [0.717, 1.165) is 11.1 Å². The molecule has 8 heteroatoms. The number of halogens is 4. The first kappa shape index (κ1) is 20.1. The Kier molecular flexibility index (Phi) is 7.33. The van der Waals surface area contributed by atoms with E-state index in [9.17, 15) is 13.2 Å². The van der Waals surface area contributed by atoms with Gasteiger partial charge in [-0.25, -0.2) is 4.99 Å². The van der Waals surface area contributed by atoms with Gasteiger partial charge in [-0.3, -0.25) is 0 Å². The average Bonchev–Trinajstić information content (AvgIpc) is 2.46. The Bertz CT molecular complexity index is 705. The zero-order valence-corrected chi connectivity index (χ0v) is 15.1. The molecule has 0 atom stereocenters. The molecule has 2 rings (SSSR count). The highest BCUT2D eigenvalue weighted by molar-refractivity contribution is 14.0. The number of aliphatic imine (C=N–C) groups is 1. The number of nitrogens with two attached hydrogens (primary N) is 1. The van der Waals surface area contributed by atoms with E-state index >= 15 is 0 Å². The lowest BCUT2D eigenvalue weighted by Crippen LogP contribution is -2.24. The fraction of sp³-hybridized carbons (Fsp3) is 0.188. The van der Waals surface area contributed by atoms with E-state index in [1.807, 2.05) is 31.2 Å². The molecule has 3 N–H and O–H groups in total. The molecule has 0 amide bonds. The molecule has 0 bridgehead atoms. The van der Waals surface area contributed by atoms with Crippen LogP contribution in [-0.2, 0) is 6.54 Å². The van der Waals surface area contributed by atoms with Gasteiger partial charge in [0.25, 0.3) is 0 Å². The first-order valence-corrected chi connectivity index (χ1v) is 6.81. The normalized spacial score (nSPS) is 11.6. The number of nitrogens with zero attached hydrogens (tertiary/aromatic N) is 1. The number of aryl methyl sites for hydroxylation is 1. The van der Waals surface area contributed by atoms with Crippen LogP contribution in [0.3, 0.4) is 0 Å². The summed E-state index contributed by atoms with van der Waals surface area (Å²) in [4.78, 5) is 4.11. The third-order valence-electron chi connectivity index (χ3n) is 2.89. The Morgan fingerprint density at radius 2 is 1.88 bits per heavy atom. The van der Waals surface area contributed by atoms with Crippen LogP contribution in [0.1, 0.15) is 11.1 Å². The van der Waals surface area contributed by atoms with Gasteiger partial charge >= 0.3 is 6.36 Å². The second-order valence-electron chi connectivity index (χ2n) is 4.86. The summed E-state index contributed by atoms with van der Waals surface area (Å²) in [6.07, 6.45) is -4.77. The molecular weight excluding hydrogens is 434 g/mol. The van der Waals surface area contributed by atoms with Crippen LogP contribution in [0.15, 0.2) is 53.5 Å². The molecule has 130 valence electrons. The van der Waals surface area contributed by atoms with Crippen molar-refractivity contribution < 1.29 is 17.9 Å². The molecule has 4 nitrogen and oxygen atoms in total. The van der Waals surface area contributed by atoms with Crippen molar-refractivity contribution in [3.05, 3.63) is 59.7 Å². The van der Waals surface area contributed by atoms with Crippen LogP contribution in [0.25, 0.3) is 0 Å². The predicted octanol–water partition coefficient (Wildman–Crippen LogP) is 4.44. The molecule has 0 aliphatic carbocycles. The van der Waals surface area contributed by atoms with Gasteiger partial charge in [-0.1, -0.05) is 42.0 Å². The Morgan fingerprint density at radius 1 is 1.17 bits per heavy atom. The Balaban J connectivity index is 0.00000288. The van der Waals surface area contributed by atoms with Crippen LogP contribution >= 0.6 is 24.0 Å². The molecule has 0 unspecified atom stereocenters. The molecule has 24 heavy (non-hydrogen) atoms. The molecule has 0 radical (unpaired) electrons. The van der Waals surface area contributed by atoms with Crippen LogP contribution in [0, 0.1) is 6.92 Å². The number of para-hydroxylation sites is 2. The van der Waals surface area contributed by atoms with E-state index in [2.05, 4.69) is 15.0 Å². The largest absolute Gasteiger partial charge is 0.573 e. The summed E-state index contributed by atoms with van der Waals surface area (Å²) in [7, 11) is 0. The molecule has 0 saturated heterocycles. The lowest BCUT2D eigenvalue weighted by Gasteiger charge is -2.14. The van der Waals surface area contributed by atoms with Gasteiger partial charge in [-0.05, 0) is 24.6 Å². The van der Waals surface area contributed by atoms with Crippen molar-refractivity contribution in [3.63, 3.8) is 0 Å². The number of rotatable bonds is 4. The van der Waals surface area contributed by atoms with E-state index < -0.39 is 6.36 Å². The predicted molar refractivity (Wildman–Crippen MR) is 98.7 cm³/mol. The average molecular weight is 451 g/mol. The number of hydrogen-bond acceptors (Lipinski definition) is 2. The summed E-state index contributed by atoms with van der Waals surface area (Å²) < 4.78 is 41.0. The molecule has 2 aromatic carbocycles. The van der Waals surface area contributed by atoms with Crippen molar-refractivity contribution in [3.8, 4) is 5.75 Å². The van der Waals surface area contributed by atoms with Crippen LogP contribution in [0.5, 0.6) is 5.75 Å². The molecule has 0 aliphatic rings. The van der Waals surface area contributed by atoms with E-state index in [0.29, 0.717) is 6.54 Å². The van der Waals surface area contributed by atoms with E-state index in [4.69, 9.17) is 5.73 Å². The highest BCUT2D eigenvalue weighted by atomic mass is 127. The summed E-state index contributed by atoms with van der Waals surface area (Å²) in [6, 6.07) is 13.3. The highest BCUT2D eigenvalue weighted by Gasteiger charge is 2.32. The topological polar surface area (TPSA) is 59.6 Å². The van der Waals surface area contributed by atoms with Crippen molar-refractivity contribution in [1.82, 2.24) is 0 Å². The summed E-state index contributed by atoms with van der Waals surface area (Å²) in [5, 5.41) is 2.62. The fourth-order valence-corrected chi connectivity index (χ4v) is 1.95. The van der Waals surface area contributed by atoms with Crippen molar-refractivity contribution in [2.45, 2.75) is 19.8 Å². The maximum Gasteiger partial charge on any atom is 0.573 e. The summed E-state index contributed by atoms with van der Waals surface area (Å²) >= 11 is 0.